The highest BCUT2D eigenvalue weighted by Gasteiger charge is 2.30. The van der Waals surface area contributed by atoms with Crippen molar-refractivity contribution in [1.29, 1.82) is 10.5 Å². The number of anilines is 1. The molecule has 6 nitrogen and oxygen atoms in total. The van der Waals surface area contributed by atoms with Crippen LogP contribution in [-0.4, -0.2) is 23.9 Å². The van der Waals surface area contributed by atoms with E-state index in [4.69, 9.17) is 11.0 Å². The van der Waals surface area contributed by atoms with Crippen molar-refractivity contribution in [1.82, 2.24) is 4.90 Å². The van der Waals surface area contributed by atoms with Gasteiger partial charge in [0.2, 0.25) is 5.91 Å². The Morgan fingerprint density at radius 1 is 1.11 bits per heavy atom. The molecule has 1 atom stereocenters. The van der Waals surface area contributed by atoms with Crippen LogP contribution in [-0.2, 0) is 4.79 Å². The van der Waals surface area contributed by atoms with Crippen LogP contribution in [0.5, 0.6) is 0 Å². The maximum atomic E-state index is 13.2. The summed E-state index contributed by atoms with van der Waals surface area (Å²) in [7, 11) is 0. The molecule has 0 saturated carbocycles. The van der Waals surface area contributed by atoms with Crippen LogP contribution in [0.3, 0.4) is 0 Å². The number of likely N-dealkylation sites (tertiary alicyclic amines) is 1. The summed E-state index contributed by atoms with van der Waals surface area (Å²) in [5, 5.41) is 18.6. The minimum absolute atomic E-state index is 0.0334. The highest BCUT2D eigenvalue weighted by atomic mass is 32.2. The predicted molar refractivity (Wildman–Crippen MR) is 102 cm³/mol. The number of amides is 1. The number of nitrogen functional groups attached to an aromatic ring is 1. The van der Waals surface area contributed by atoms with Crippen LogP contribution in [0, 0.1) is 22.7 Å². The standard InChI is InChI=1S/C20H19N5OS/c21-12-15-11-16(13-22)19(24-18(15)23)27-17(14-7-3-1-4-8-14)20(26)25-9-5-2-6-10-25/h1,3-4,7-8,11,17H,2,5-6,9-10H2,(H2,23,24)/p+1/t17-/m0/s1. The number of hydrogen-bond donors (Lipinski definition) is 1. The highest BCUT2D eigenvalue weighted by molar-refractivity contribution is 8.00. The Morgan fingerprint density at radius 3 is 2.41 bits per heavy atom. The van der Waals surface area contributed by atoms with Crippen molar-refractivity contribution in [3.8, 4) is 12.1 Å². The van der Waals surface area contributed by atoms with Crippen molar-refractivity contribution in [2.75, 3.05) is 18.8 Å². The van der Waals surface area contributed by atoms with E-state index in [0.717, 1.165) is 37.9 Å². The molecule has 27 heavy (non-hydrogen) atoms. The SMILES string of the molecule is N#Cc1cc(C#N)c(S[C@H](C(=O)N2CCCCC2)c2ccccc2)[nH+]c1N. The van der Waals surface area contributed by atoms with Crippen LogP contribution >= 0.6 is 11.8 Å². The number of nitrogens with two attached hydrogens (primary N) is 1. The molecule has 7 heteroatoms. The zero-order chi connectivity index (χ0) is 19.2. The van der Waals surface area contributed by atoms with E-state index in [0.29, 0.717) is 10.6 Å². The van der Waals surface area contributed by atoms with E-state index < -0.39 is 5.25 Å². The van der Waals surface area contributed by atoms with Crippen molar-refractivity contribution in [3.05, 3.63) is 53.1 Å². The fraction of sp³-hybridized carbons (Fsp3) is 0.300. The fourth-order valence-electron chi connectivity index (χ4n) is 3.10. The molecule has 1 amide bonds. The number of aromatic amines is 1. The van der Waals surface area contributed by atoms with Crippen LogP contribution < -0.4 is 10.7 Å². The number of carbonyl (C=O) groups is 1. The Balaban J connectivity index is 1.97. The Kier molecular flexibility index (Phi) is 5.95. The highest BCUT2D eigenvalue weighted by Crippen LogP contribution is 2.37. The molecule has 0 unspecified atom stereocenters. The minimum atomic E-state index is -0.486. The molecule has 1 saturated heterocycles. The fourth-order valence-corrected chi connectivity index (χ4v) is 4.28. The molecule has 0 radical (unpaired) electrons. The largest absolute Gasteiger partial charge is 0.341 e. The van der Waals surface area contributed by atoms with Crippen molar-refractivity contribution >= 4 is 23.5 Å². The molecule has 3 N–H and O–H groups in total. The van der Waals surface area contributed by atoms with E-state index in [-0.39, 0.29) is 17.3 Å². The Bertz CT molecular complexity index is 910. The summed E-state index contributed by atoms with van der Waals surface area (Å²) in [6, 6.07) is 15.0. The van der Waals surface area contributed by atoms with Crippen LogP contribution in [0.2, 0.25) is 0 Å². The Morgan fingerprint density at radius 2 is 1.78 bits per heavy atom. The lowest BCUT2D eigenvalue weighted by Crippen LogP contribution is -2.38. The lowest BCUT2D eigenvalue weighted by Gasteiger charge is -2.30. The summed E-state index contributed by atoms with van der Waals surface area (Å²) in [4.78, 5) is 18.1. The summed E-state index contributed by atoms with van der Waals surface area (Å²) >= 11 is 1.27. The number of hydrogen-bond acceptors (Lipinski definition) is 5. The quantitative estimate of drug-likeness (QED) is 0.823. The van der Waals surface area contributed by atoms with Gasteiger partial charge < -0.3 is 4.90 Å². The van der Waals surface area contributed by atoms with E-state index in [1.165, 1.54) is 17.8 Å². The summed E-state index contributed by atoms with van der Waals surface area (Å²) in [6.45, 7) is 1.51. The van der Waals surface area contributed by atoms with Gasteiger partial charge in [-0.25, -0.2) is 4.98 Å². The van der Waals surface area contributed by atoms with E-state index in [2.05, 4.69) is 11.1 Å². The van der Waals surface area contributed by atoms with Crippen molar-refractivity contribution in [2.45, 2.75) is 29.5 Å². The van der Waals surface area contributed by atoms with Gasteiger partial charge in [0, 0.05) is 13.1 Å². The molecule has 1 fully saturated rings. The van der Waals surface area contributed by atoms with Crippen LogP contribution in [0.4, 0.5) is 5.82 Å². The number of benzene rings is 1. The van der Waals surface area contributed by atoms with Gasteiger partial charge in [0.1, 0.15) is 28.5 Å². The second-order valence-electron chi connectivity index (χ2n) is 6.36. The third kappa shape index (κ3) is 4.21. The first-order valence-electron chi connectivity index (χ1n) is 8.80. The number of nitrogens with one attached hydrogen (secondary N) is 1. The molecule has 2 aromatic rings. The van der Waals surface area contributed by atoms with Crippen molar-refractivity contribution in [2.24, 2.45) is 0 Å². The zero-order valence-electron chi connectivity index (χ0n) is 14.8. The smallest absolute Gasteiger partial charge is 0.289 e. The van der Waals surface area contributed by atoms with E-state index in [1.807, 2.05) is 41.3 Å². The van der Waals surface area contributed by atoms with Gasteiger partial charge in [-0.3, -0.25) is 10.5 Å². The summed E-state index contributed by atoms with van der Waals surface area (Å²) in [5.74, 6) is 0.224. The molecule has 0 spiro atoms. The summed E-state index contributed by atoms with van der Waals surface area (Å²) in [6.07, 6.45) is 3.17. The third-order valence-corrected chi connectivity index (χ3v) is 5.81. The molecular weight excluding hydrogens is 358 g/mol. The molecule has 2 heterocycles. The first kappa shape index (κ1) is 18.8. The average molecular weight is 378 g/mol. The first-order valence-corrected chi connectivity index (χ1v) is 9.68. The van der Waals surface area contributed by atoms with Crippen LogP contribution in [0.25, 0.3) is 0 Å². The van der Waals surface area contributed by atoms with Crippen molar-refractivity contribution < 1.29 is 9.78 Å². The maximum Gasteiger partial charge on any atom is 0.289 e. The third-order valence-electron chi connectivity index (χ3n) is 4.54. The minimum Gasteiger partial charge on any atom is -0.341 e. The summed E-state index contributed by atoms with van der Waals surface area (Å²) < 4.78 is 0. The van der Waals surface area contributed by atoms with Crippen LogP contribution in [0.1, 0.15) is 41.2 Å². The molecule has 3 rings (SSSR count). The number of thioether (sulfide) groups is 1. The number of pyridine rings is 1. The molecule has 1 aromatic heterocycles. The van der Waals surface area contributed by atoms with E-state index in [1.54, 1.807) is 0 Å². The Labute approximate surface area is 162 Å². The monoisotopic (exact) mass is 378 g/mol. The van der Waals surface area contributed by atoms with Gasteiger partial charge in [-0.15, -0.1) is 0 Å². The second-order valence-corrected chi connectivity index (χ2v) is 7.47. The number of H-pyrrole nitrogens is 1. The van der Waals surface area contributed by atoms with Gasteiger partial charge in [0.25, 0.3) is 5.82 Å². The number of rotatable bonds is 4. The van der Waals surface area contributed by atoms with Gasteiger partial charge in [-0.1, -0.05) is 42.1 Å². The van der Waals surface area contributed by atoms with Gasteiger partial charge in [0.05, 0.1) is 0 Å². The van der Waals surface area contributed by atoms with Crippen molar-refractivity contribution in [3.63, 3.8) is 0 Å². The molecule has 0 bridgehead atoms. The molecule has 136 valence electrons. The van der Waals surface area contributed by atoms with Gasteiger partial charge in [0.15, 0.2) is 5.03 Å². The summed E-state index contributed by atoms with van der Waals surface area (Å²) in [5.41, 5.74) is 7.29. The van der Waals surface area contributed by atoms with Gasteiger partial charge in [-0.2, -0.15) is 10.5 Å². The lowest BCUT2D eigenvalue weighted by molar-refractivity contribution is -0.410. The van der Waals surface area contributed by atoms with Crippen LogP contribution in [0.15, 0.2) is 41.4 Å². The zero-order valence-corrected chi connectivity index (χ0v) is 15.6. The van der Waals surface area contributed by atoms with E-state index in [9.17, 15) is 10.1 Å². The van der Waals surface area contributed by atoms with E-state index >= 15 is 0 Å². The molecular formula is C20H20N5OS+. The first-order chi connectivity index (χ1) is 13.1. The second kappa shape index (κ2) is 8.57. The molecule has 1 aromatic carbocycles. The maximum absolute atomic E-state index is 13.2. The van der Waals surface area contributed by atoms with Gasteiger partial charge >= 0.3 is 0 Å². The van der Waals surface area contributed by atoms with Gasteiger partial charge in [-0.05, 0) is 30.9 Å². The number of carbonyl (C=O) groups excluding carboxylic acids is 1. The number of nitriles is 2. The normalized spacial score (nSPS) is 14.8. The topological polar surface area (TPSA) is 108 Å². The lowest BCUT2D eigenvalue weighted by atomic mass is 10.1. The predicted octanol–water partition coefficient (Wildman–Crippen LogP) is 2.67. The molecule has 0 aliphatic carbocycles. The number of nitrogens with zero attached hydrogens (tertiary/aromatic N) is 3. The molecule has 1 aliphatic rings. The molecule has 1 aliphatic heterocycles. The average Bonchev–Trinajstić information content (AvgIpc) is 2.73. The number of piperidine rings is 1. The number of aromatic nitrogens is 1. The Hall–Kier alpha value is -3.03.